The van der Waals surface area contributed by atoms with Gasteiger partial charge in [-0.2, -0.15) is 0 Å². The third kappa shape index (κ3) is 3.57. The summed E-state index contributed by atoms with van der Waals surface area (Å²) >= 11 is 0. The molecule has 1 aliphatic heterocycles. The van der Waals surface area contributed by atoms with E-state index in [1.54, 1.807) is 49.4 Å². The molecule has 0 unspecified atom stereocenters. The fourth-order valence-electron chi connectivity index (χ4n) is 2.25. The zero-order valence-electron chi connectivity index (χ0n) is 12.6. The Balaban J connectivity index is 1.54. The fraction of sp³-hybridized carbons (Fsp3) is 0.250. The second-order valence-corrected chi connectivity index (χ2v) is 6.76. The van der Waals surface area contributed by atoms with Crippen LogP contribution in [0.5, 0.6) is 17.2 Å². The molecule has 122 valence electrons. The maximum Gasteiger partial charge on any atom is 0.240 e. The van der Waals surface area contributed by atoms with Crippen molar-refractivity contribution in [2.24, 2.45) is 0 Å². The molecule has 0 fully saturated rings. The van der Waals surface area contributed by atoms with Crippen LogP contribution >= 0.6 is 0 Å². The average molecular weight is 335 g/mol. The summed E-state index contributed by atoms with van der Waals surface area (Å²) in [5.74, 6) is 1.91. The number of benzene rings is 2. The van der Waals surface area contributed by atoms with Gasteiger partial charge in [0.15, 0.2) is 11.5 Å². The lowest BCUT2D eigenvalue weighted by Crippen LogP contribution is -2.28. The van der Waals surface area contributed by atoms with Crippen molar-refractivity contribution in [2.75, 3.05) is 19.9 Å². The van der Waals surface area contributed by atoms with Gasteiger partial charge in [0, 0.05) is 12.6 Å². The maximum absolute atomic E-state index is 12.2. The molecule has 0 radical (unpaired) electrons. The molecule has 6 nitrogen and oxygen atoms in total. The maximum atomic E-state index is 12.2. The summed E-state index contributed by atoms with van der Waals surface area (Å²) in [6, 6.07) is 12.1. The Morgan fingerprint density at radius 1 is 1.13 bits per heavy atom. The van der Waals surface area contributed by atoms with Crippen molar-refractivity contribution in [1.29, 1.82) is 0 Å². The molecule has 2 aromatic rings. The summed E-state index contributed by atoms with van der Waals surface area (Å²) < 4.78 is 43.0. The molecule has 0 atom stereocenters. The van der Waals surface area contributed by atoms with Gasteiger partial charge in [-0.1, -0.05) is 18.2 Å². The molecule has 7 heteroatoms. The van der Waals surface area contributed by atoms with Crippen LogP contribution in [0.25, 0.3) is 0 Å². The Labute approximate surface area is 135 Å². The number of fused-ring (bicyclic) bond motifs is 1. The summed E-state index contributed by atoms with van der Waals surface area (Å²) in [4.78, 5) is 0.281. The number of nitrogens with one attached hydrogen (secondary N) is 1. The second-order valence-electron chi connectivity index (χ2n) is 5.03. The van der Waals surface area contributed by atoms with Gasteiger partial charge in [0.2, 0.25) is 16.8 Å². The number of ether oxygens (including phenoxy) is 3. The Bertz CT molecular complexity index is 804. The highest BCUT2D eigenvalue weighted by Crippen LogP contribution is 2.34. The van der Waals surface area contributed by atoms with Crippen LogP contribution < -0.4 is 18.9 Å². The lowest BCUT2D eigenvalue weighted by molar-refractivity contribution is 0.173. The minimum absolute atomic E-state index is 0.172. The Morgan fingerprint density at radius 3 is 2.74 bits per heavy atom. The lowest BCUT2D eigenvalue weighted by Gasteiger charge is -2.10. The first-order valence-corrected chi connectivity index (χ1v) is 8.62. The second kappa shape index (κ2) is 6.47. The monoisotopic (exact) mass is 335 g/mol. The largest absolute Gasteiger partial charge is 0.492 e. The topological polar surface area (TPSA) is 73.9 Å². The third-order valence-corrected chi connectivity index (χ3v) is 5.01. The molecular weight excluding hydrogens is 318 g/mol. The average Bonchev–Trinajstić information content (AvgIpc) is 2.99. The summed E-state index contributed by atoms with van der Waals surface area (Å²) in [6.45, 7) is 2.35. The van der Waals surface area contributed by atoms with E-state index < -0.39 is 10.0 Å². The number of hydrogen-bond donors (Lipinski definition) is 1. The van der Waals surface area contributed by atoms with Gasteiger partial charge in [0.05, 0.1) is 4.90 Å². The molecule has 1 heterocycles. The third-order valence-electron chi connectivity index (χ3n) is 3.39. The highest BCUT2D eigenvalue weighted by molar-refractivity contribution is 7.89. The quantitative estimate of drug-likeness (QED) is 0.818. The minimum Gasteiger partial charge on any atom is -0.492 e. The summed E-state index contributed by atoms with van der Waals surface area (Å²) in [5, 5.41) is 0. The SMILES string of the molecule is Cc1ccccc1S(=O)(=O)NCCOc1ccc2c(c1)OCO2. The predicted molar refractivity (Wildman–Crippen MR) is 84.4 cm³/mol. The van der Waals surface area contributed by atoms with Crippen LogP contribution in [-0.4, -0.2) is 28.4 Å². The van der Waals surface area contributed by atoms with Crippen molar-refractivity contribution < 1.29 is 22.6 Å². The van der Waals surface area contributed by atoms with Crippen LogP contribution in [0.2, 0.25) is 0 Å². The van der Waals surface area contributed by atoms with Gasteiger partial charge in [0.1, 0.15) is 12.4 Å². The van der Waals surface area contributed by atoms with Crippen molar-refractivity contribution in [1.82, 2.24) is 4.72 Å². The molecule has 23 heavy (non-hydrogen) atoms. The Hall–Kier alpha value is -2.25. The molecule has 0 aliphatic carbocycles. The number of aryl methyl sites for hydroxylation is 1. The van der Waals surface area contributed by atoms with E-state index in [1.807, 2.05) is 0 Å². The standard InChI is InChI=1S/C16H17NO5S/c1-12-4-2-3-5-16(12)23(18,19)17-8-9-20-13-6-7-14-15(10-13)22-11-21-14/h2-7,10,17H,8-9,11H2,1H3. The van der Waals surface area contributed by atoms with E-state index in [9.17, 15) is 8.42 Å². The zero-order valence-corrected chi connectivity index (χ0v) is 13.4. The van der Waals surface area contributed by atoms with Crippen molar-refractivity contribution in [3.05, 3.63) is 48.0 Å². The molecule has 0 spiro atoms. The minimum atomic E-state index is -3.53. The van der Waals surface area contributed by atoms with Crippen LogP contribution in [0.3, 0.4) is 0 Å². The predicted octanol–water partition coefficient (Wildman–Crippen LogP) is 2.08. The van der Waals surface area contributed by atoms with Gasteiger partial charge < -0.3 is 14.2 Å². The van der Waals surface area contributed by atoms with E-state index in [2.05, 4.69) is 4.72 Å². The highest BCUT2D eigenvalue weighted by Gasteiger charge is 2.16. The molecule has 0 amide bonds. The van der Waals surface area contributed by atoms with Gasteiger partial charge in [0.25, 0.3) is 0 Å². The van der Waals surface area contributed by atoms with Gasteiger partial charge in [-0.3, -0.25) is 0 Å². The number of hydrogen-bond acceptors (Lipinski definition) is 5. The van der Waals surface area contributed by atoms with E-state index in [-0.39, 0.29) is 24.8 Å². The smallest absolute Gasteiger partial charge is 0.240 e. The Kier molecular flexibility index (Phi) is 4.40. The first-order valence-electron chi connectivity index (χ1n) is 7.14. The van der Waals surface area contributed by atoms with Gasteiger partial charge in [-0.25, -0.2) is 13.1 Å². The molecule has 2 aromatic carbocycles. The molecule has 3 rings (SSSR count). The van der Waals surface area contributed by atoms with E-state index >= 15 is 0 Å². The summed E-state index contributed by atoms with van der Waals surface area (Å²) in [7, 11) is -3.53. The fourth-order valence-corrected chi connectivity index (χ4v) is 3.50. The van der Waals surface area contributed by atoms with Crippen molar-refractivity contribution in [3.8, 4) is 17.2 Å². The Morgan fingerprint density at radius 2 is 1.91 bits per heavy atom. The zero-order chi connectivity index (χ0) is 16.3. The van der Waals surface area contributed by atoms with Crippen LogP contribution in [-0.2, 0) is 10.0 Å². The number of rotatable bonds is 6. The molecule has 0 bridgehead atoms. The first-order chi connectivity index (χ1) is 11.1. The molecule has 0 saturated carbocycles. The van der Waals surface area contributed by atoms with E-state index in [0.29, 0.717) is 22.8 Å². The van der Waals surface area contributed by atoms with Crippen molar-refractivity contribution >= 4 is 10.0 Å². The molecule has 1 aliphatic rings. The van der Waals surface area contributed by atoms with Crippen molar-refractivity contribution in [2.45, 2.75) is 11.8 Å². The van der Waals surface area contributed by atoms with Crippen LogP contribution in [0.1, 0.15) is 5.56 Å². The summed E-state index contributed by atoms with van der Waals surface area (Å²) in [5.41, 5.74) is 0.705. The van der Waals surface area contributed by atoms with Crippen LogP contribution in [0.4, 0.5) is 0 Å². The molecule has 0 aromatic heterocycles. The molecular formula is C16H17NO5S. The van der Waals surface area contributed by atoms with Crippen molar-refractivity contribution in [3.63, 3.8) is 0 Å². The lowest BCUT2D eigenvalue weighted by atomic mass is 10.2. The molecule has 1 N–H and O–H groups in total. The van der Waals surface area contributed by atoms with E-state index in [4.69, 9.17) is 14.2 Å². The highest BCUT2D eigenvalue weighted by atomic mass is 32.2. The van der Waals surface area contributed by atoms with Gasteiger partial charge in [-0.05, 0) is 30.7 Å². The van der Waals surface area contributed by atoms with Gasteiger partial charge in [-0.15, -0.1) is 0 Å². The normalized spacial score (nSPS) is 13.1. The summed E-state index contributed by atoms with van der Waals surface area (Å²) in [6.07, 6.45) is 0. The van der Waals surface area contributed by atoms with Crippen LogP contribution in [0, 0.1) is 6.92 Å². The molecule has 0 saturated heterocycles. The van der Waals surface area contributed by atoms with E-state index in [1.165, 1.54) is 0 Å². The number of sulfonamides is 1. The van der Waals surface area contributed by atoms with Crippen LogP contribution in [0.15, 0.2) is 47.4 Å². The first kappa shape index (κ1) is 15.6. The van der Waals surface area contributed by atoms with Gasteiger partial charge >= 0.3 is 0 Å². The van der Waals surface area contributed by atoms with E-state index in [0.717, 1.165) is 0 Å².